The quantitative estimate of drug-likeness (QED) is 0.357. The molecule has 0 aromatic heterocycles. The number of nitrogens with one attached hydrogen (secondary N) is 1. The fourth-order valence-electron chi connectivity index (χ4n) is 4.78. The van der Waals surface area contributed by atoms with Crippen molar-refractivity contribution < 1.29 is 19.1 Å². The molecule has 1 heterocycles. The molecule has 194 valence electrons. The number of carbonyl (C=O) groups excluding carboxylic acids is 3. The lowest BCUT2D eigenvalue weighted by molar-refractivity contribution is -0.140. The summed E-state index contributed by atoms with van der Waals surface area (Å²) >= 11 is 0. The van der Waals surface area contributed by atoms with E-state index < -0.39 is 6.04 Å². The van der Waals surface area contributed by atoms with Crippen molar-refractivity contribution in [1.29, 1.82) is 0 Å². The molecule has 0 saturated heterocycles. The molecule has 1 N–H and O–H groups in total. The summed E-state index contributed by atoms with van der Waals surface area (Å²) in [5.74, 6) is 0.430. The van der Waals surface area contributed by atoms with Crippen LogP contribution in [0.5, 0.6) is 5.75 Å². The maximum Gasteiger partial charge on any atom is 0.258 e. The zero-order chi connectivity index (χ0) is 26.4. The minimum atomic E-state index is -0.613. The number of benzene rings is 3. The second-order valence-electron chi connectivity index (χ2n) is 9.43. The van der Waals surface area contributed by atoms with Crippen molar-refractivity contribution >= 4 is 34.2 Å². The van der Waals surface area contributed by atoms with Crippen molar-refractivity contribution in [3.63, 3.8) is 0 Å². The summed E-state index contributed by atoms with van der Waals surface area (Å²) in [6.07, 6.45) is 2.61. The molecule has 37 heavy (non-hydrogen) atoms. The van der Waals surface area contributed by atoms with Gasteiger partial charge >= 0.3 is 0 Å². The SMILES string of the molecule is CCCCNC(=O)[C@H](C)N(Cc1ccc(OC)cc1)C(=O)CCCN1C(=O)c2cccc3cccc1c23. The van der Waals surface area contributed by atoms with E-state index >= 15 is 0 Å². The van der Waals surface area contributed by atoms with E-state index in [-0.39, 0.29) is 24.1 Å². The molecule has 0 radical (unpaired) electrons. The Bertz CT molecular complexity index is 1270. The number of nitrogens with zero attached hydrogens (tertiary/aromatic N) is 2. The Morgan fingerprint density at radius 1 is 1.03 bits per heavy atom. The minimum Gasteiger partial charge on any atom is -0.497 e. The molecule has 7 nitrogen and oxygen atoms in total. The summed E-state index contributed by atoms with van der Waals surface area (Å²) in [6, 6.07) is 18.6. The van der Waals surface area contributed by atoms with Gasteiger partial charge in [0, 0.05) is 37.0 Å². The number of rotatable bonds is 12. The molecule has 0 spiro atoms. The summed E-state index contributed by atoms with van der Waals surface area (Å²) in [5, 5.41) is 4.95. The average molecular weight is 502 g/mol. The van der Waals surface area contributed by atoms with E-state index in [4.69, 9.17) is 4.74 Å². The topological polar surface area (TPSA) is 79.0 Å². The van der Waals surface area contributed by atoms with Crippen LogP contribution in [0.3, 0.4) is 0 Å². The fourth-order valence-corrected chi connectivity index (χ4v) is 4.78. The highest BCUT2D eigenvalue weighted by Crippen LogP contribution is 2.37. The van der Waals surface area contributed by atoms with Crippen molar-refractivity contribution in [1.82, 2.24) is 10.2 Å². The Morgan fingerprint density at radius 3 is 2.46 bits per heavy atom. The maximum absolute atomic E-state index is 13.4. The van der Waals surface area contributed by atoms with Crippen LogP contribution in [-0.4, -0.2) is 48.9 Å². The first-order valence-corrected chi connectivity index (χ1v) is 13.0. The third-order valence-corrected chi connectivity index (χ3v) is 6.93. The van der Waals surface area contributed by atoms with E-state index in [1.165, 1.54) is 0 Å². The number of carbonyl (C=O) groups is 3. The lowest BCUT2D eigenvalue weighted by Gasteiger charge is -2.29. The van der Waals surface area contributed by atoms with Gasteiger partial charge in [-0.15, -0.1) is 0 Å². The Balaban J connectivity index is 1.44. The molecule has 3 amide bonds. The first-order chi connectivity index (χ1) is 17.9. The van der Waals surface area contributed by atoms with E-state index in [1.807, 2.05) is 60.7 Å². The largest absolute Gasteiger partial charge is 0.497 e. The maximum atomic E-state index is 13.4. The summed E-state index contributed by atoms with van der Waals surface area (Å²) in [6.45, 7) is 5.18. The fraction of sp³-hybridized carbons (Fsp3) is 0.367. The Labute approximate surface area is 218 Å². The van der Waals surface area contributed by atoms with E-state index in [0.717, 1.165) is 40.6 Å². The first kappa shape index (κ1) is 26.2. The molecular weight excluding hydrogens is 466 g/mol. The molecular formula is C30H35N3O4. The number of hydrogen-bond acceptors (Lipinski definition) is 4. The van der Waals surface area contributed by atoms with Crippen molar-refractivity contribution in [2.45, 2.75) is 52.1 Å². The van der Waals surface area contributed by atoms with Crippen LogP contribution in [0, 0.1) is 0 Å². The van der Waals surface area contributed by atoms with Gasteiger partial charge in [-0.1, -0.05) is 49.7 Å². The summed E-state index contributed by atoms with van der Waals surface area (Å²) in [7, 11) is 1.61. The highest BCUT2D eigenvalue weighted by atomic mass is 16.5. The molecule has 0 bridgehead atoms. The van der Waals surface area contributed by atoms with Crippen LogP contribution < -0.4 is 15.0 Å². The van der Waals surface area contributed by atoms with Crippen molar-refractivity contribution in [3.8, 4) is 5.75 Å². The molecule has 7 heteroatoms. The zero-order valence-corrected chi connectivity index (χ0v) is 21.8. The molecule has 3 aromatic rings. The van der Waals surface area contributed by atoms with Crippen LogP contribution in [0.1, 0.15) is 55.5 Å². The third-order valence-electron chi connectivity index (χ3n) is 6.93. The van der Waals surface area contributed by atoms with Crippen LogP contribution in [-0.2, 0) is 16.1 Å². The highest BCUT2D eigenvalue weighted by Gasteiger charge is 2.30. The van der Waals surface area contributed by atoms with Gasteiger partial charge in [0.15, 0.2) is 0 Å². The van der Waals surface area contributed by atoms with Crippen LogP contribution >= 0.6 is 0 Å². The first-order valence-electron chi connectivity index (χ1n) is 13.0. The summed E-state index contributed by atoms with van der Waals surface area (Å²) < 4.78 is 5.24. The number of ether oxygens (including phenoxy) is 1. The number of amides is 3. The molecule has 0 aliphatic carbocycles. The number of hydrogen-bond donors (Lipinski definition) is 1. The monoisotopic (exact) mass is 501 g/mol. The minimum absolute atomic E-state index is 0.0296. The molecule has 1 aliphatic rings. The number of methoxy groups -OCH3 is 1. The molecule has 0 saturated carbocycles. The highest BCUT2D eigenvalue weighted by molar-refractivity contribution is 6.25. The van der Waals surface area contributed by atoms with Gasteiger partial charge in [0.25, 0.3) is 5.91 Å². The Kier molecular flexibility index (Phi) is 8.43. The lowest BCUT2D eigenvalue weighted by Crippen LogP contribution is -2.47. The molecule has 1 aliphatic heterocycles. The molecule has 4 rings (SSSR count). The van der Waals surface area contributed by atoms with Crippen molar-refractivity contribution in [3.05, 3.63) is 71.8 Å². The summed E-state index contributed by atoms with van der Waals surface area (Å²) in [5.41, 5.74) is 2.52. The smallest absolute Gasteiger partial charge is 0.258 e. The third kappa shape index (κ3) is 5.77. The van der Waals surface area contributed by atoms with Crippen LogP contribution in [0.15, 0.2) is 60.7 Å². The number of anilines is 1. The van der Waals surface area contributed by atoms with E-state index in [9.17, 15) is 14.4 Å². The second-order valence-corrected chi connectivity index (χ2v) is 9.43. The zero-order valence-electron chi connectivity index (χ0n) is 21.8. The predicted octanol–water partition coefficient (Wildman–Crippen LogP) is 4.92. The molecule has 0 unspecified atom stereocenters. The second kappa shape index (κ2) is 11.9. The summed E-state index contributed by atoms with van der Waals surface area (Å²) in [4.78, 5) is 42.7. The van der Waals surface area contributed by atoms with Gasteiger partial charge in [0.05, 0.1) is 12.8 Å². The van der Waals surface area contributed by atoms with Gasteiger partial charge < -0.3 is 19.9 Å². The standard InChI is InChI=1S/C30H35N3O4/c1-4-5-18-31-29(35)21(2)33(20-22-14-16-24(37-3)17-15-22)27(34)13-8-19-32-26-12-7-10-23-9-6-11-25(28(23)26)30(32)36/h6-7,9-12,14-17,21H,4-5,8,13,18-20H2,1-3H3,(H,31,35)/t21-/m0/s1. The van der Waals surface area contributed by atoms with Gasteiger partial charge in [-0.3, -0.25) is 14.4 Å². The lowest BCUT2D eigenvalue weighted by atomic mass is 10.1. The van der Waals surface area contributed by atoms with Gasteiger partial charge in [-0.25, -0.2) is 0 Å². The predicted molar refractivity (Wildman–Crippen MR) is 146 cm³/mol. The van der Waals surface area contributed by atoms with E-state index in [1.54, 1.807) is 23.8 Å². The number of unbranched alkanes of at least 4 members (excludes halogenated alkanes) is 1. The van der Waals surface area contributed by atoms with Crippen molar-refractivity contribution in [2.24, 2.45) is 0 Å². The van der Waals surface area contributed by atoms with Crippen LogP contribution in [0.2, 0.25) is 0 Å². The molecule has 1 atom stereocenters. The molecule has 0 fully saturated rings. The Hall–Kier alpha value is -3.87. The van der Waals surface area contributed by atoms with Crippen molar-refractivity contribution in [2.75, 3.05) is 25.1 Å². The van der Waals surface area contributed by atoms with Crippen LogP contribution in [0.4, 0.5) is 5.69 Å². The van der Waals surface area contributed by atoms with Gasteiger partial charge in [-0.2, -0.15) is 0 Å². The average Bonchev–Trinajstić information content (AvgIpc) is 3.19. The normalized spacial score (nSPS) is 13.1. The molecule has 3 aromatic carbocycles. The van der Waals surface area contributed by atoms with Crippen LogP contribution in [0.25, 0.3) is 10.8 Å². The van der Waals surface area contributed by atoms with E-state index in [2.05, 4.69) is 12.2 Å². The van der Waals surface area contributed by atoms with E-state index in [0.29, 0.717) is 31.6 Å². The van der Waals surface area contributed by atoms with Gasteiger partial charge in [0.2, 0.25) is 11.8 Å². The van der Waals surface area contributed by atoms with Gasteiger partial charge in [-0.05, 0) is 55.0 Å². The van der Waals surface area contributed by atoms with Gasteiger partial charge in [0.1, 0.15) is 11.8 Å². The Morgan fingerprint density at radius 2 is 1.76 bits per heavy atom.